The van der Waals surface area contributed by atoms with Crippen LogP contribution in [0.2, 0.25) is 0 Å². The lowest BCUT2D eigenvalue weighted by Gasteiger charge is -2.31. The normalized spacial score (nSPS) is 19.1. The van der Waals surface area contributed by atoms with E-state index in [9.17, 15) is 13.2 Å². The summed E-state index contributed by atoms with van der Waals surface area (Å²) in [5.74, 6) is 0.156. The third-order valence-corrected chi connectivity index (χ3v) is 7.08. The number of sulfonamides is 1. The Morgan fingerprint density at radius 1 is 1.38 bits per heavy atom. The molecule has 0 saturated carbocycles. The van der Waals surface area contributed by atoms with Gasteiger partial charge in [-0.05, 0) is 37.3 Å². The minimum atomic E-state index is -3.70. The summed E-state index contributed by atoms with van der Waals surface area (Å²) < 4.78 is 35.9. The van der Waals surface area contributed by atoms with Gasteiger partial charge in [0.15, 0.2) is 0 Å². The molecular weight excluding hydrogens is 372 g/mol. The van der Waals surface area contributed by atoms with Crippen LogP contribution in [0.15, 0.2) is 23.1 Å². The first kappa shape index (κ1) is 19.2. The number of carbonyl (C=O) groups excluding carboxylic acids is 1. The highest BCUT2D eigenvalue weighted by Gasteiger charge is 2.34. The average Bonchev–Trinajstić information content (AvgIpc) is 3.10. The zero-order chi connectivity index (χ0) is 18.7. The maximum atomic E-state index is 13.1. The van der Waals surface area contributed by atoms with Gasteiger partial charge in [-0.25, -0.2) is 8.42 Å². The monoisotopic (exact) mass is 396 g/mol. The number of fused-ring (bicyclic) bond motifs is 1. The second-order valence-corrected chi connectivity index (χ2v) is 9.50. The van der Waals surface area contributed by atoms with Crippen LogP contribution in [0.3, 0.4) is 0 Å². The predicted molar refractivity (Wildman–Crippen MR) is 101 cm³/mol. The van der Waals surface area contributed by atoms with Crippen LogP contribution in [0.4, 0.5) is 0 Å². The maximum absolute atomic E-state index is 13.1. The number of aromatic nitrogens is 2. The van der Waals surface area contributed by atoms with Crippen molar-refractivity contribution in [2.24, 2.45) is 11.8 Å². The Morgan fingerprint density at radius 2 is 2.19 bits per heavy atom. The summed E-state index contributed by atoms with van der Waals surface area (Å²) in [6.45, 7) is 5.48. The Balaban J connectivity index is 1.74. The molecule has 1 aliphatic heterocycles. The minimum Gasteiger partial charge on any atom is -0.356 e. The number of rotatable bonds is 6. The molecule has 2 aromatic rings. The number of benzene rings is 1. The van der Waals surface area contributed by atoms with E-state index in [4.69, 9.17) is 0 Å². The Kier molecular flexibility index (Phi) is 5.89. The Hall–Kier alpha value is -1.58. The highest BCUT2D eigenvalue weighted by Crippen LogP contribution is 2.28. The maximum Gasteiger partial charge on any atom is 0.245 e. The van der Waals surface area contributed by atoms with Crippen molar-refractivity contribution in [2.75, 3.05) is 19.6 Å². The van der Waals surface area contributed by atoms with E-state index in [0.717, 1.165) is 18.1 Å². The van der Waals surface area contributed by atoms with E-state index >= 15 is 0 Å². The molecule has 2 heterocycles. The molecule has 1 atom stereocenters. The van der Waals surface area contributed by atoms with E-state index in [1.54, 1.807) is 18.2 Å². The number of nitrogens with zero attached hydrogens (tertiary/aromatic N) is 3. The van der Waals surface area contributed by atoms with Gasteiger partial charge in [0.1, 0.15) is 15.9 Å². The molecule has 1 amide bonds. The van der Waals surface area contributed by atoms with E-state index in [1.807, 2.05) is 0 Å². The van der Waals surface area contributed by atoms with Gasteiger partial charge in [-0.3, -0.25) is 4.79 Å². The highest BCUT2D eigenvalue weighted by molar-refractivity contribution is 7.89. The van der Waals surface area contributed by atoms with Gasteiger partial charge in [0, 0.05) is 19.6 Å². The number of hydrogen-bond acceptors (Lipinski definition) is 6. The lowest BCUT2D eigenvalue weighted by Crippen LogP contribution is -2.45. The summed E-state index contributed by atoms with van der Waals surface area (Å²) >= 11 is 0.999. The molecule has 7 nitrogen and oxygen atoms in total. The van der Waals surface area contributed by atoms with Crippen molar-refractivity contribution < 1.29 is 13.2 Å². The van der Waals surface area contributed by atoms with Gasteiger partial charge in [-0.1, -0.05) is 19.9 Å². The molecule has 1 N–H and O–H groups in total. The van der Waals surface area contributed by atoms with Gasteiger partial charge in [-0.15, -0.1) is 0 Å². The van der Waals surface area contributed by atoms with Crippen molar-refractivity contribution in [2.45, 2.75) is 38.0 Å². The minimum absolute atomic E-state index is 0.0564. The fourth-order valence-corrected chi connectivity index (χ4v) is 5.41. The first-order chi connectivity index (χ1) is 12.4. The van der Waals surface area contributed by atoms with Crippen molar-refractivity contribution in [1.82, 2.24) is 18.4 Å². The van der Waals surface area contributed by atoms with E-state index in [-0.39, 0.29) is 23.3 Å². The van der Waals surface area contributed by atoms with E-state index in [0.29, 0.717) is 42.9 Å². The molecule has 1 aliphatic rings. The molecule has 142 valence electrons. The van der Waals surface area contributed by atoms with Gasteiger partial charge in [-0.2, -0.15) is 13.1 Å². The molecule has 1 saturated heterocycles. The number of piperidine rings is 1. The largest absolute Gasteiger partial charge is 0.356 e. The number of hydrogen-bond donors (Lipinski definition) is 1. The van der Waals surface area contributed by atoms with Gasteiger partial charge < -0.3 is 5.32 Å². The molecule has 0 aliphatic carbocycles. The number of nitrogens with one attached hydrogen (secondary N) is 1. The standard InChI is InChI=1S/C17H24N4O3S2/c1-12(2)8-9-18-17(22)13-5-4-10-21(11-13)26(23,24)15-7-3-6-14-16(15)20-25-19-14/h3,6-7,12-13H,4-5,8-11H2,1-2H3,(H,18,22)/t13-/m1/s1. The average molecular weight is 397 g/mol. The van der Waals surface area contributed by atoms with Gasteiger partial charge in [0.25, 0.3) is 0 Å². The van der Waals surface area contributed by atoms with Gasteiger partial charge >= 0.3 is 0 Å². The lowest BCUT2D eigenvalue weighted by atomic mass is 9.98. The van der Waals surface area contributed by atoms with Crippen molar-refractivity contribution in [1.29, 1.82) is 0 Å². The smallest absolute Gasteiger partial charge is 0.245 e. The topological polar surface area (TPSA) is 92.3 Å². The van der Waals surface area contributed by atoms with Crippen LogP contribution in [-0.2, 0) is 14.8 Å². The summed E-state index contributed by atoms with van der Waals surface area (Å²) in [4.78, 5) is 12.6. The summed E-state index contributed by atoms with van der Waals surface area (Å²) in [7, 11) is -3.70. The summed E-state index contributed by atoms with van der Waals surface area (Å²) in [6, 6.07) is 4.99. The molecule has 1 aromatic carbocycles. The molecular formula is C17H24N4O3S2. The Labute approximate surface area is 158 Å². The second-order valence-electron chi connectivity index (χ2n) is 7.06. The first-order valence-electron chi connectivity index (χ1n) is 8.88. The molecule has 1 aromatic heterocycles. The zero-order valence-corrected chi connectivity index (χ0v) is 16.6. The fourth-order valence-electron chi connectivity index (χ4n) is 3.13. The summed E-state index contributed by atoms with van der Waals surface area (Å²) in [5, 5.41) is 2.94. The molecule has 3 rings (SSSR count). The SMILES string of the molecule is CC(C)CCNC(=O)[C@@H]1CCCN(S(=O)(=O)c2cccc3nsnc23)C1. The third kappa shape index (κ3) is 4.05. The molecule has 0 unspecified atom stereocenters. The van der Waals surface area contributed by atoms with Crippen molar-refractivity contribution in [3.05, 3.63) is 18.2 Å². The van der Waals surface area contributed by atoms with Crippen LogP contribution in [0.1, 0.15) is 33.1 Å². The fraction of sp³-hybridized carbons (Fsp3) is 0.588. The molecule has 0 spiro atoms. The van der Waals surface area contributed by atoms with Gasteiger partial charge in [0.05, 0.1) is 17.6 Å². The van der Waals surface area contributed by atoms with Crippen LogP contribution in [-0.4, -0.2) is 47.0 Å². The third-order valence-electron chi connectivity index (χ3n) is 4.64. The Bertz CT molecular complexity index is 879. The molecule has 0 radical (unpaired) electrons. The second kappa shape index (κ2) is 7.98. The van der Waals surface area contributed by atoms with Crippen LogP contribution >= 0.6 is 11.7 Å². The van der Waals surface area contributed by atoms with E-state index in [2.05, 4.69) is 27.9 Å². The predicted octanol–water partition coefficient (Wildman–Crippen LogP) is 2.25. The van der Waals surface area contributed by atoms with E-state index in [1.165, 1.54) is 4.31 Å². The lowest BCUT2D eigenvalue weighted by molar-refractivity contribution is -0.126. The van der Waals surface area contributed by atoms with E-state index < -0.39 is 10.0 Å². The number of carbonyl (C=O) groups is 1. The summed E-state index contributed by atoms with van der Waals surface area (Å²) in [6.07, 6.45) is 2.30. The van der Waals surface area contributed by atoms with Crippen LogP contribution in [0, 0.1) is 11.8 Å². The van der Waals surface area contributed by atoms with Crippen LogP contribution in [0.25, 0.3) is 11.0 Å². The summed E-state index contributed by atoms with van der Waals surface area (Å²) in [5.41, 5.74) is 0.983. The zero-order valence-electron chi connectivity index (χ0n) is 15.0. The number of amides is 1. The van der Waals surface area contributed by atoms with Crippen LogP contribution in [0.5, 0.6) is 0 Å². The molecule has 9 heteroatoms. The van der Waals surface area contributed by atoms with Crippen molar-refractivity contribution in [3.8, 4) is 0 Å². The first-order valence-corrected chi connectivity index (χ1v) is 11.1. The van der Waals surface area contributed by atoms with Gasteiger partial charge in [0.2, 0.25) is 15.9 Å². The molecule has 26 heavy (non-hydrogen) atoms. The molecule has 0 bridgehead atoms. The van der Waals surface area contributed by atoms with Crippen molar-refractivity contribution in [3.63, 3.8) is 0 Å². The van der Waals surface area contributed by atoms with Crippen molar-refractivity contribution >= 4 is 38.7 Å². The molecule has 1 fully saturated rings. The quantitative estimate of drug-likeness (QED) is 0.808. The Morgan fingerprint density at radius 3 is 2.96 bits per heavy atom. The van der Waals surface area contributed by atoms with Crippen LogP contribution < -0.4 is 5.32 Å². The highest BCUT2D eigenvalue weighted by atomic mass is 32.2.